The Bertz CT molecular complexity index is 1950. The molecule has 1 aliphatic heterocycles. The van der Waals surface area contributed by atoms with Crippen molar-refractivity contribution < 1.29 is 0 Å². The number of aryl methyl sites for hydroxylation is 2. The minimum absolute atomic E-state index is 0.00484. The van der Waals surface area contributed by atoms with E-state index in [-0.39, 0.29) is 16.5 Å². The Morgan fingerprint density at radius 2 is 1.47 bits per heavy atom. The molecule has 0 unspecified atom stereocenters. The van der Waals surface area contributed by atoms with Crippen LogP contribution in [0.4, 0.5) is 0 Å². The number of rotatable bonds is 4. The molecule has 0 bridgehead atoms. The summed E-state index contributed by atoms with van der Waals surface area (Å²) < 4.78 is 2.45. The van der Waals surface area contributed by atoms with E-state index in [0.717, 1.165) is 11.3 Å². The molecule has 2 aromatic heterocycles. The highest BCUT2D eigenvalue weighted by Gasteiger charge is 2.59. The van der Waals surface area contributed by atoms with Crippen LogP contribution in [-0.4, -0.2) is 37.4 Å². The van der Waals surface area contributed by atoms with Crippen LogP contribution in [0.2, 0.25) is 0 Å². The molecule has 1 fully saturated rings. The standard InChI is InChI=1S/C41H48N4/c1-27-20-21-42-35(24-27)29-18-19-34-33-16-12-13-17-36(33)44(37(34)26-29)32-23-28(2)22-30(25-32)38-43-41(8,39(3,4)5)40(6,7)45(38)31-14-10-9-11-15-31/h12-13,16-26,31H,9-11,14-15H2,1-8H3/t41-/m1/s1. The van der Waals surface area contributed by atoms with E-state index in [1.54, 1.807) is 0 Å². The lowest BCUT2D eigenvalue weighted by molar-refractivity contribution is 0.0331. The molecule has 0 saturated heterocycles. The Labute approximate surface area is 269 Å². The predicted octanol–water partition coefficient (Wildman–Crippen LogP) is 10.4. The normalized spacial score (nSPS) is 20.7. The molecule has 232 valence electrons. The molecular formula is C41H48N4. The summed E-state index contributed by atoms with van der Waals surface area (Å²) in [5, 5.41) is 2.52. The number of benzene rings is 3. The van der Waals surface area contributed by atoms with Gasteiger partial charge in [0.2, 0.25) is 0 Å². The molecular weight excluding hydrogens is 548 g/mol. The molecule has 3 aromatic carbocycles. The second-order valence-corrected chi connectivity index (χ2v) is 15.3. The maximum atomic E-state index is 5.75. The third-order valence-electron chi connectivity index (χ3n) is 11.2. The van der Waals surface area contributed by atoms with Gasteiger partial charge in [-0.15, -0.1) is 0 Å². The van der Waals surface area contributed by atoms with Gasteiger partial charge in [0.05, 0.1) is 27.8 Å². The molecule has 1 saturated carbocycles. The Morgan fingerprint density at radius 1 is 0.733 bits per heavy atom. The molecule has 5 aromatic rings. The minimum atomic E-state index is -0.237. The van der Waals surface area contributed by atoms with Gasteiger partial charge >= 0.3 is 0 Å². The van der Waals surface area contributed by atoms with Crippen molar-refractivity contribution in [3.63, 3.8) is 0 Å². The van der Waals surface area contributed by atoms with Gasteiger partial charge in [0, 0.05) is 39.8 Å². The number of fused-ring (bicyclic) bond motifs is 3. The molecule has 7 rings (SSSR count). The first-order valence-corrected chi connectivity index (χ1v) is 16.9. The molecule has 4 nitrogen and oxygen atoms in total. The van der Waals surface area contributed by atoms with Gasteiger partial charge in [-0.05, 0) is 106 Å². The quantitative estimate of drug-likeness (QED) is 0.207. The zero-order valence-electron chi connectivity index (χ0n) is 28.4. The summed E-state index contributed by atoms with van der Waals surface area (Å²) in [7, 11) is 0. The number of pyridine rings is 1. The third kappa shape index (κ3) is 4.71. The SMILES string of the molecule is Cc1cc(C2=N[C@](C)(C(C)(C)C)C(C)(C)N2C2CCCCC2)cc(-n2c3ccccc3c3ccc(-c4cc(C)ccn4)cc32)c1. The van der Waals surface area contributed by atoms with Gasteiger partial charge in [0.15, 0.2) is 0 Å². The van der Waals surface area contributed by atoms with E-state index in [2.05, 4.69) is 138 Å². The first-order valence-electron chi connectivity index (χ1n) is 16.9. The molecule has 1 aliphatic carbocycles. The monoisotopic (exact) mass is 596 g/mol. The van der Waals surface area contributed by atoms with Crippen LogP contribution in [0.1, 0.15) is 90.3 Å². The van der Waals surface area contributed by atoms with E-state index < -0.39 is 0 Å². The maximum Gasteiger partial charge on any atom is 0.132 e. The number of hydrogen-bond donors (Lipinski definition) is 0. The molecule has 0 N–H and O–H groups in total. The van der Waals surface area contributed by atoms with Crippen molar-refractivity contribution in [3.8, 4) is 16.9 Å². The van der Waals surface area contributed by atoms with E-state index in [4.69, 9.17) is 9.98 Å². The number of amidine groups is 1. The van der Waals surface area contributed by atoms with Gasteiger partial charge in [-0.2, -0.15) is 0 Å². The Balaban J connectivity index is 1.45. The minimum Gasteiger partial charge on any atom is -0.346 e. The summed E-state index contributed by atoms with van der Waals surface area (Å²) in [6.45, 7) is 18.7. The summed E-state index contributed by atoms with van der Waals surface area (Å²) in [4.78, 5) is 13.2. The van der Waals surface area contributed by atoms with Crippen LogP contribution in [-0.2, 0) is 0 Å². The van der Waals surface area contributed by atoms with Crippen LogP contribution in [0.25, 0.3) is 38.8 Å². The topological polar surface area (TPSA) is 33.4 Å². The second-order valence-electron chi connectivity index (χ2n) is 15.3. The second kappa shape index (κ2) is 10.6. The van der Waals surface area contributed by atoms with Crippen molar-refractivity contribution in [2.75, 3.05) is 0 Å². The van der Waals surface area contributed by atoms with Crippen molar-refractivity contribution >= 4 is 27.6 Å². The summed E-state index contributed by atoms with van der Waals surface area (Å²) in [6.07, 6.45) is 8.33. The van der Waals surface area contributed by atoms with Gasteiger partial charge in [0.25, 0.3) is 0 Å². The fourth-order valence-electron chi connectivity index (χ4n) is 8.28. The highest BCUT2D eigenvalue weighted by Crippen LogP contribution is 2.51. The van der Waals surface area contributed by atoms with Crippen molar-refractivity contribution in [2.24, 2.45) is 10.4 Å². The van der Waals surface area contributed by atoms with Crippen LogP contribution in [0.5, 0.6) is 0 Å². The molecule has 3 heterocycles. The van der Waals surface area contributed by atoms with E-state index in [1.807, 2.05) is 6.20 Å². The van der Waals surface area contributed by atoms with E-state index >= 15 is 0 Å². The van der Waals surface area contributed by atoms with Crippen molar-refractivity contribution in [1.29, 1.82) is 0 Å². The lowest BCUT2D eigenvalue weighted by atomic mass is 9.64. The van der Waals surface area contributed by atoms with Crippen LogP contribution >= 0.6 is 0 Å². The van der Waals surface area contributed by atoms with Gasteiger partial charge in [-0.1, -0.05) is 70.4 Å². The fourth-order valence-corrected chi connectivity index (χ4v) is 8.28. The summed E-state index contributed by atoms with van der Waals surface area (Å²) in [6, 6.07) is 27.4. The van der Waals surface area contributed by atoms with Gasteiger partial charge in [0.1, 0.15) is 5.84 Å². The number of nitrogens with zero attached hydrogens (tertiary/aromatic N) is 4. The molecule has 2 aliphatic rings. The van der Waals surface area contributed by atoms with Crippen LogP contribution < -0.4 is 0 Å². The lowest BCUT2D eigenvalue weighted by Gasteiger charge is -2.52. The Morgan fingerprint density at radius 3 is 2.20 bits per heavy atom. The van der Waals surface area contributed by atoms with Crippen molar-refractivity contribution in [3.05, 3.63) is 95.7 Å². The number of hydrogen-bond acceptors (Lipinski definition) is 3. The van der Waals surface area contributed by atoms with Gasteiger partial charge in [-0.3, -0.25) is 9.98 Å². The maximum absolute atomic E-state index is 5.75. The Hall–Kier alpha value is -3.92. The summed E-state index contributed by atoms with van der Waals surface area (Å²) >= 11 is 0. The number of para-hydroxylation sites is 1. The zero-order valence-corrected chi connectivity index (χ0v) is 28.4. The molecule has 4 heteroatoms. The largest absolute Gasteiger partial charge is 0.346 e. The molecule has 0 radical (unpaired) electrons. The number of aliphatic imine (C=N–C) groups is 1. The summed E-state index contributed by atoms with van der Waals surface area (Å²) in [5.41, 5.74) is 9.08. The number of aromatic nitrogens is 2. The molecule has 0 spiro atoms. The Kier molecular flexibility index (Phi) is 7.00. The summed E-state index contributed by atoms with van der Waals surface area (Å²) in [5.74, 6) is 1.17. The molecule has 1 atom stereocenters. The van der Waals surface area contributed by atoms with E-state index in [0.29, 0.717) is 6.04 Å². The lowest BCUT2D eigenvalue weighted by Crippen LogP contribution is -2.62. The van der Waals surface area contributed by atoms with E-state index in [1.165, 1.54) is 82.1 Å². The zero-order chi connectivity index (χ0) is 31.7. The first-order chi connectivity index (χ1) is 21.4. The van der Waals surface area contributed by atoms with Crippen LogP contribution in [0.15, 0.2) is 84.0 Å². The van der Waals surface area contributed by atoms with Crippen LogP contribution in [0.3, 0.4) is 0 Å². The average molecular weight is 597 g/mol. The van der Waals surface area contributed by atoms with Crippen LogP contribution in [0, 0.1) is 19.3 Å². The van der Waals surface area contributed by atoms with Gasteiger partial charge < -0.3 is 9.47 Å². The smallest absolute Gasteiger partial charge is 0.132 e. The van der Waals surface area contributed by atoms with Crippen molar-refractivity contribution in [1.82, 2.24) is 14.5 Å². The predicted molar refractivity (Wildman–Crippen MR) is 191 cm³/mol. The molecule has 45 heavy (non-hydrogen) atoms. The highest BCUT2D eigenvalue weighted by molar-refractivity contribution is 6.10. The fraction of sp³-hybridized carbons (Fsp3) is 0.415. The third-order valence-corrected chi connectivity index (χ3v) is 11.2. The van der Waals surface area contributed by atoms with Gasteiger partial charge in [-0.25, -0.2) is 0 Å². The van der Waals surface area contributed by atoms with E-state index in [9.17, 15) is 0 Å². The highest BCUT2D eigenvalue weighted by atomic mass is 15.4. The average Bonchev–Trinajstić information content (AvgIpc) is 3.45. The van der Waals surface area contributed by atoms with Crippen molar-refractivity contribution in [2.45, 2.75) is 105 Å². The first kappa shape index (κ1) is 29.8. The molecule has 0 amide bonds.